The molecule has 10 aromatic carbocycles. The molecule has 0 spiro atoms. The number of nitrogens with zero attached hydrogens (tertiary/aromatic N) is 2. The van der Waals surface area contributed by atoms with Crippen molar-refractivity contribution >= 4 is 94.4 Å². The zero-order valence-electron chi connectivity index (χ0n) is 34.9. The van der Waals surface area contributed by atoms with Crippen LogP contribution in [0.5, 0.6) is 0 Å². The number of furan rings is 1. The first-order chi connectivity index (χ1) is 31.7. The Labute approximate surface area is 371 Å². The number of benzene rings is 10. The van der Waals surface area contributed by atoms with Gasteiger partial charge in [0.1, 0.15) is 11.2 Å². The lowest BCUT2D eigenvalue weighted by Gasteiger charge is -2.35. The Bertz CT molecular complexity index is 3840. The average Bonchev–Trinajstić information content (AvgIpc) is 4.02. The highest BCUT2D eigenvalue weighted by Crippen LogP contribution is 2.39. The first kappa shape index (κ1) is 36.5. The Morgan fingerprint density at radius 3 is 1.45 bits per heavy atom. The van der Waals surface area contributed by atoms with Gasteiger partial charge in [-0.1, -0.05) is 176 Å². The molecule has 3 aromatic heterocycles. The summed E-state index contributed by atoms with van der Waals surface area (Å²) in [5.41, 5.74) is 11.2. The molecule has 13 rings (SSSR count). The standard InChI is InChI=1S/C60H40N2OSi/c1-4-18-43(19-5-1)61-55-28-13-10-25-49(55)52-38-42(31-36-57(52)61)41-17-16-24-48(37-41)64(45-20-6-2-7-21-45,46-22-8-3-9-23-46)47-34-32-44(33-35-47)62-56-29-14-11-26-50(56)53-39-54-51-27-12-15-30-59(51)63-60(54)40-58(53)62/h1-40H. The van der Waals surface area contributed by atoms with E-state index in [1.807, 2.05) is 6.07 Å². The molecule has 0 bridgehead atoms. The first-order valence-corrected chi connectivity index (χ1v) is 24.0. The predicted octanol–water partition coefficient (Wildman–Crippen LogP) is 12.8. The van der Waals surface area contributed by atoms with Crippen LogP contribution in [0.4, 0.5) is 0 Å². The molecule has 0 saturated heterocycles. The van der Waals surface area contributed by atoms with Crippen molar-refractivity contribution < 1.29 is 4.42 Å². The van der Waals surface area contributed by atoms with E-state index in [0.717, 1.165) is 38.8 Å². The van der Waals surface area contributed by atoms with Gasteiger partial charge >= 0.3 is 0 Å². The molecule has 4 heteroatoms. The molecule has 0 aliphatic heterocycles. The average molecular weight is 833 g/mol. The number of fused-ring (bicyclic) bond motifs is 9. The topological polar surface area (TPSA) is 23.0 Å². The summed E-state index contributed by atoms with van der Waals surface area (Å²) in [6, 6.07) is 89.4. The second kappa shape index (κ2) is 14.5. The summed E-state index contributed by atoms with van der Waals surface area (Å²) < 4.78 is 11.2. The number of para-hydroxylation sites is 4. The van der Waals surface area contributed by atoms with Crippen LogP contribution in [0.1, 0.15) is 0 Å². The van der Waals surface area contributed by atoms with Crippen LogP contribution in [0.2, 0.25) is 0 Å². The molecule has 300 valence electrons. The van der Waals surface area contributed by atoms with E-state index in [-0.39, 0.29) is 0 Å². The molecule has 0 unspecified atom stereocenters. The normalized spacial score (nSPS) is 12.1. The highest BCUT2D eigenvalue weighted by molar-refractivity contribution is 7.19. The minimum atomic E-state index is -2.90. The van der Waals surface area contributed by atoms with E-state index >= 15 is 0 Å². The van der Waals surface area contributed by atoms with Crippen LogP contribution in [-0.2, 0) is 0 Å². The van der Waals surface area contributed by atoms with Gasteiger partial charge in [-0.3, -0.25) is 0 Å². The fourth-order valence-electron chi connectivity index (χ4n) is 10.6. The molecular weight excluding hydrogens is 793 g/mol. The molecule has 64 heavy (non-hydrogen) atoms. The quantitative estimate of drug-likeness (QED) is 0.116. The van der Waals surface area contributed by atoms with Crippen LogP contribution in [0, 0.1) is 0 Å². The van der Waals surface area contributed by atoms with Gasteiger partial charge in [0.05, 0.1) is 22.1 Å². The van der Waals surface area contributed by atoms with E-state index in [0.29, 0.717) is 0 Å². The fourth-order valence-corrected chi connectivity index (χ4v) is 15.4. The molecule has 0 aliphatic carbocycles. The van der Waals surface area contributed by atoms with Crippen LogP contribution in [0.15, 0.2) is 247 Å². The highest BCUT2D eigenvalue weighted by atomic mass is 28.3. The second-order valence-corrected chi connectivity index (χ2v) is 20.7. The maximum absolute atomic E-state index is 6.45. The third-order valence-electron chi connectivity index (χ3n) is 13.5. The summed E-state index contributed by atoms with van der Waals surface area (Å²) in [6.07, 6.45) is 0. The van der Waals surface area contributed by atoms with Gasteiger partial charge in [0.15, 0.2) is 8.07 Å². The summed E-state index contributed by atoms with van der Waals surface area (Å²) in [6.45, 7) is 0. The minimum absolute atomic E-state index is 0.898. The lowest BCUT2D eigenvalue weighted by atomic mass is 10.0. The van der Waals surface area contributed by atoms with Crippen molar-refractivity contribution in [2.24, 2.45) is 0 Å². The second-order valence-electron chi connectivity index (χ2n) is 16.8. The van der Waals surface area contributed by atoms with Crippen LogP contribution in [0.3, 0.4) is 0 Å². The molecule has 0 fully saturated rings. The minimum Gasteiger partial charge on any atom is -0.456 e. The molecule has 0 atom stereocenters. The van der Waals surface area contributed by atoms with E-state index in [1.165, 1.54) is 70.0 Å². The number of hydrogen-bond acceptors (Lipinski definition) is 1. The van der Waals surface area contributed by atoms with Crippen molar-refractivity contribution in [2.75, 3.05) is 0 Å². The molecule has 0 amide bonds. The van der Waals surface area contributed by atoms with Crippen molar-refractivity contribution in [3.8, 4) is 22.5 Å². The van der Waals surface area contributed by atoms with Crippen molar-refractivity contribution in [2.45, 2.75) is 0 Å². The van der Waals surface area contributed by atoms with Crippen molar-refractivity contribution in [3.63, 3.8) is 0 Å². The van der Waals surface area contributed by atoms with Crippen LogP contribution < -0.4 is 20.7 Å². The van der Waals surface area contributed by atoms with Gasteiger partial charge < -0.3 is 13.6 Å². The van der Waals surface area contributed by atoms with Gasteiger partial charge in [0.2, 0.25) is 0 Å². The zero-order chi connectivity index (χ0) is 42.2. The van der Waals surface area contributed by atoms with Crippen LogP contribution in [0.25, 0.3) is 88.1 Å². The van der Waals surface area contributed by atoms with Crippen molar-refractivity contribution in [1.29, 1.82) is 0 Å². The van der Waals surface area contributed by atoms with Gasteiger partial charge in [-0.2, -0.15) is 0 Å². The summed E-state index contributed by atoms with van der Waals surface area (Å²) in [7, 11) is -2.90. The van der Waals surface area contributed by atoms with E-state index in [1.54, 1.807) is 0 Å². The number of rotatable bonds is 7. The Morgan fingerprint density at radius 1 is 0.266 bits per heavy atom. The van der Waals surface area contributed by atoms with Crippen LogP contribution >= 0.6 is 0 Å². The summed E-state index contributed by atoms with van der Waals surface area (Å²) in [4.78, 5) is 0. The Hall–Kier alpha value is -8.18. The maximum atomic E-state index is 6.45. The molecule has 0 radical (unpaired) electrons. The Kier molecular flexibility index (Phi) is 8.23. The summed E-state index contributed by atoms with van der Waals surface area (Å²) in [5, 5.41) is 12.6. The van der Waals surface area contributed by atoms with E-state index < -0.39 is 8.07 Å². The lowest BCUT2D eigenvalue weighted by Crippen LogP contribution is -2.74. The lowest BCUT2D eigenvalue weighted by molar-refractivity contribution is 0.669. The van der Waals surface area contributed by atoms with Gasteiger partial charge in [-0.25, -0.2) is 0 Å². The maximum Gasteiger partial charge on any atom is 0.179 e. The molecule has 0 N–H and O–H groups in total. The molecule has 13 aromatic rings. The van der Waals surface area contributed by atoms with Gasteiger partial charge in [-0.05, 0) is 92.5 Å². The van der Waals surface area contributed by atoms with E-state index in [4.69, 9.17) is 4.42 Å². The summed E-state index contributed by atoms with van der Waals surface area (Å²) >= 11 is 0. The van der Waals surface area contributed by atoms with Crippen molar-refractivity contribution in [1.82, 2.24) is 9.13 Å². The molecule has 0 saturated carbocycles. The third-order valence-corrected chi connectivity index (χ3v) is 18.2. The molecule has 0 aliphatic rings. The Balaban J connectivity index is 1.00. The van der Waals surface area contributed by atoms with E-state index in [2.05, 4.69) is 246 Å². The molecule has 3 nitrogen and oxygen atoms in total. The Morgan fingerprint density at radius 2 is 0.766 bits per heavy atom. The number of hydrogen-bond donors (Lipinski definition) is 0. The third kappa shape index (κ3) is 5.46. The smallest absolute Gasteiger partial charge is 0.179 e. The fraction of sp³-hybridized carbons (Fsp3) is 0. The number of aromatic nitrogens is 2. The van der Waals surface area contributed by atoms with Gasteiger partial charge in [0.25, 0.3) is 0 Å². The summed E-state index contributed by atoms with van der Waals surface area (Å²) in [5.74, 6) is 0. The molecule has 3 heterocycles. The molecular formula is C60H40N2OSi. The first-order valence-electron chi connectivity index (χ1n) is 22.0. The zero-order valence-corrected chi connectivity index (χ0v) is 35.9. The largest absolute Gasteiger partial charge is 0.456 e. The SMILES string of the molecule is c1ccc(-n2c3ccccc3c3cc(-c4cccc([Si](c5ccccc5)(c5ccccc5)c5ccc(-n6c7ccccc7c7cc8c(cc76)oc6ccccc68)cc5)c4)ccc32)cc1. The predicted molar refractivity (Wildman–Crippen MR) is 271 cm³/mol. The van der Waals surface area contributed by atoms with Gasteiger partial charge in [-0.15, -0.1) is 0 Å². The van der Waals surface area contributed by atoms with Gasteiger partial charge in [0, 0.05) is 49.8 Å². The van der Waals surface area contributed by atoms with E-state index in [9.17, 15) is 0 Å². The monoisotopic (exact) mass is 832 g/mol. The highest BCUT2D eigenvalue weighted by Gasteiger charge is 2.41. The van der Waals surface area contributed by atoms with Crippen LogP contribution in [-0.4, -0.2) is 17.2 Å². The van der Waals surface area contributed by atoms with Crippen molar-refractivity contribution in [3.05, 3.63) is 243 Å².